The highest BCUT2D eigenvalue weighted by molar-refractivity contribution is 5.30. The number of rotatable bonds is 5. The molecule has 0 saturated heterocycles. The Hall–Kier alpha value is -1.06. The monoisotopic (exact) mass is 249 g/mol. The van der Waals surface area contributed by atoms with Crippen LogP contribution in [-0.4, -0.2) is 24.9 Å². The zero-order valence-electron chi connectivity index (χ0n) is 11.4. The van der Waals surface area contributed by atoms with Gasteiger partial charge in [0, 0.05) is 19.1 Å². The van der Waals surface area contributed by atoms with E-state index in [0.717, 1.165) is 12.2 Å². The van der Waals surface area contributed by atoms with Gasteiger partial charge in [-0.2, -0.15) is 0 Å². The average Bonchev–Trinajstić information content (AvgIpc) is 2.36. The van der Waals surface area contributed by atoms with E-state index in [0.29, 0.717) is 12.5 Å². The van der Waals surface area contributed by atoms with Crippen LogP contribution in [0.3, 0.4) is 0 Å². The second kappa shape index (κ2) is 5.72. The first-order valence-corrected chi connectivity index (χ1v) is 6.75. The van der Waals surface area contributed by atoms with Crippen molar-refractivity contribution in [2.75, 3.05) is 6.61 Å². The second-order valence-electron chi connectivity index (χ2n) is 5.20. The van der Waals surface area contributed by atoms with E-state index < -0.39 is 0 Å². The van der Waals surface area contributed by atoms with Crippen molar-refractivity contribution in [1.82, 2.24) is 0 Å². The van der Waals surface area contributed by atoms with Crippen LogP contribution in [0.15, 0.2) is 24.3 Å². The lowest BCUT2D eigenvalue weighted by Crippen LogP contribution is -2.59. The molecule has 1 saturated carbocycles. The highest BCUT2D eigenvalue weighted by Crippen LogP contribution is 2.29. The summed E-state index contributed by atoms with van der Waals surface area (Å²) in [6, 6.07) is 8.39. The van der Waals surface area contributed by atoms with Crippen molar-refractivity contribution in [3.8, 4) is 5.75 Å². The number of hydrogen-bond donors (Lipinski definition) is 1. The summed E-state index contributed by atoms with van der Waals surface area (Å²) in [7, 11) is 0. The van der Waals surface area contributed by atoms with Crippen molar-refractivity contribution in [2.24, 2.45) is 5.73 Å². The molecule has 0 spiro atoms. The zero-order chi connectivity index (χ0) is 13.1. The van der Waals surface area contributed by atoms with Gasteiger partial charge in [0.2, 0.25) is 0 Å². The average molecular weight is 249 g/mol. The van der Waals surface area contributed by atoms with Crippen LogP contribution in [-0.2, 0) is 4.74 Å². The molecule has 0 bridgehead atoms. The number of benzene rings is 1. The van der Waals surface area contributed by atoms with Gasteiger partial charge in [-0.05, 0) is 30.5 Å². The summed E-state index contributed by atoms with van der Waals surface area (Å²) in [5, 5.41) is 0. The van der Waals surface area contributed by atoms with Crippen LogP contribution in [0.4, 0.5) is 0 Å². The molecule has 3 heteroatoms. The molecule has 1 aliphatic rings. The molecule has 18 heavy (non-hydrogen) atoms. The van der Waals surface area contributed by atoms with Crippen LogP contribution in [0.5, 0.6) is 5.75 Å². The van der Waals surface area contributed by atoms with E-state index in [1.54, 1.807) is 0 Å². The molecule has 0 radical (unpaired) electrons. The highest BCUT2D eigenvalue weighted by atomic mass is 16.5. The van der Waals surface area contributed by atoms with E-state index in [9.17, 15) is 0 Å². The van der Waals surface area contributed by atoms with E-state index in [4.69, 9.17) is 15.2 Å². The Morgan fingerprint density at radius 3 is 2.78 bits per heavy atom. The molecule has 0 heterocycles. The summed E-state index contributed by atoms with van der Waals surface area (Å²) in [6.45, 7) is 7.04. The van der Waals surface area contributed by atoms with Gasteiger partial charge in [-0.3, -0.25) is 0 Å². The Labute approximate surface area is 109 Å². The quantitative estimate of drug-likeness (QED) is 0.872. The fourth-order valence-electron chi connectivity index (χ4n) is 2.28. The Morgan fingerprint density at radius 1 is 1.39 bits per heavy atom. The van der Waals surface area contributed by atoms with Crippen molar-refractivity contribution in [1.29, 1.82) is 0 Å². The van der Waals surface area contributed by atoms with Crippen molar-refractivity contribution >= 4 is 0 Å². The lowest BCUT2D eigenvalue weighted by Gasteiger charge is -2.41. The molecule has 1 aliphatic carbocycles. The minimum Gasteiger partial charge on any atom is -0.488 e. The Kier molecular flexibility index (Phi) is 4.25. The van der Waals surface area contributed by atoms with Gasteiger partial charge in [0.1, 0.15) is 18.0 Å². The molecule has 0 aromatic heterocycles. The molecule has 1 fully saturated rings. The minimum absolute atomic E-state index is 0.0395. The molecule has 2 N–H and O–H groups in total. The van der Waals surface area contributed by atoms with E-state index in [1.165, 1.54) is 5.56 Å². The molecule has 100 valence electrons. The number of ether oxygens (including phenoxy) is 2. The topological polar surface area (TPSA) is 44.5 Å². The van der Waals surface area contributed by atoms with Crippen LogP contribution >= 0.6 is 0 Å². The Balaban J connectivity index is 1.99. The molecular formula is C15H23NO2. The third kappa shape index (κ3) is 2.85. The highest BCUT2D eigenvalue weighted by Gasteiger charge is 2.41. The van der Waals surface area contributed by atoms with Crippen LogP contribution in [0.2, 0.25) is 0 Å². The lowest BCUT2D eigenvalue weighted by molar-refractivity contribution is -0.0945. The normalized spacial score (nSPS) is 27.1. The predicted molar refractivity (Wildman–Crippen MR) is 73.0 cm³/mol. The third-order valence-electron chi connectivity index (χ3n) is 3.46. The summed E-state index contributed by atoms with van der Waals surface area (Å²) < 4.78 is 11.6. The largest absolute Gasteiger partial charge is 0.488 e. The number of nitrogens with two attached hydrogens (primary N) is 1. The molecular weight excluding hydrogens is 226 g/mol. The Bertz CT molecular complexity index is 392. The van der Waals surface area contributed by atoms with Crippen LogP contribution in [0.1, 0.15) is 38.7 Å². The van der Waals surface area contributed by atoms with Gasteiger partial charge in [-0.25, -0.2) is 0 Å². The third-order valence-corrected chi connectivity index (χ3v) is 3.46. The first-order chi connectivity index (χ1) is 8.61. The van der Waals surface area contributed by atoms with Gasteiger partial charge in [-0.1, -0.05) is 26.0 Å². The smallest absolute Gasteiger partial charge is 0.128 e. The molecule has 2 rings (SSSR count). The Morgan fingerprint density at radius 2 is 2.17 bits per heavy atom. The predicted octanol–water partition coefficient (Wildman–Crippen LogP) is 2.69. The van der Waals surface area contributed by atoms with E-state index in [-0.39, 0.29) is 18.2 Å². The zero-order valence-corrected chi connectivity index (χ0v) is 11.4. The first-order valence-electron chi connectivity index (χ1n) is 6.75. The van der Waals surface area contributed by atoms with Crippen molar-refractivity contribution < 1.29 is 9.47 Å². The van der Waals surface area contributed by atoms with Gasteiger partial charge in [0.15, 0.2) is 0 Å². The van der Waals surface area contributed by atoms with Crippen LogP contribution < -0.4 is 10.5 Å². The van der Waals surface area contributed by atoms with Crippen LogP contribution in [0, 0.1) is 0 Å². The van der Waals surface area contributed by atoms with Gasteiger partial charge in [0.05, 0.1) is 0 Å². The van der Waals surface area contributed by atoms with Crippen molar-refractivity contribution in [3.63, 3.8) is 0 Å². The van der Waals surface area contributed by atoms with E-state index in [1.807, 2.05) is 19.1 Å². The summed E-state index contributed by atoms with van der Waals surface area (Å²) in [6.07, 6.45) is 1.01. The molecule has 0 aliphatic heterocycles. The SMILES string of the molecule is CCOC1C(N)CC1Oc1cccc(C(C)C)c1. The maximum absolute atomic E-state index is 5.97. The fourth-order valence-corrected chi connectivity index (χ4v) is 2.28. The molecule has 1 aromatic carbocycles. The van der Waals surface area contributed by atoms with Gasteiger partial charge in [-0.15, -0.1) is 0 Å². The summed E-state index contributed by atoms with van der Waals surface area (Å²) in [4.78, 5) is 0. The summed E-state index contributed by atoms with van der Waals surface area (Å²) in [5.74, 6) is 1.43. The maximum Gasteiger partial charge on any atom is 0.128 e. The van der Waals surface area contributed by atoms with Gasteiger partial charge < -0.3 is 15.2 Å². The molecule has 0 amide bonds. The molecule has 3 unspecified atom stereocenters. The van der Waals surface area contributed by atoms with E-state index in [2.05, 4.69) is 26.0 Å². The van der Waals surface area contributed by atoms with Crippen molar-refractivity contribution in [2.45, 2.75) is 51.4 Å². The maximum atomic E-state index is 5.97. The standard InChI is InChI=1S/C15H23NO2/c1-4-17-15-13(16)9-14(15)18-12-7-5-6-11(8-12)10(2)3/h5-8,10,13-15H,4,9,16H2,1-3H3. The van der Waals surface area contributed by atoms with Gasteiger partial charge in [0.25, 0.3) is 0 Å². The second-order valence-corrected chi connectivity index (χ2v) is 5.20. The lowest BCUT2D eigenvalue weighted by atomic mass is 9.86. The summed E-state index contributed by atoms with van der Waals surface area (Å²) >= 11 is 0. The first kappa shape index (κ1) is 13.4. The fraction of sp³-hybridized carbons (Fsp3) is 0.600. The molecule has 3 nitrogen and oxygen atoms in total. The molecule has 1 aromatic rings. The van der Waals surface area contributed by atoms with E-state index >= 15 is 0 Å². The van der Waals surface area contributed by atoms with Crippen LogP contribution in [0.25, 0.3) is 0 Å². The van der Waals surface area contributed by atoms with Crippen molar-refractivity contribution in [3.05, 3.63) is 29.8 Å². The summed E-state index contributed by atoms with van der Waals surface area (Å²) in [5.41, 5.74) is 7.22. The van der Waals surface area contributed by atoms with Gasteiger partial charge >= 0.3 is 0 Å². The number of hydrogen-bond acceptors (Lipinski definition) is 3. The molecule has 3 atom stereocenters. The minimum atomic E-state index is 0.0395.